The van der Waals surface area contributed by atoms with Crippen LogP contribution in [0.5, 0.6) is 5.75 Å². The Labute approximate surface area is 124 Å². The molecule has 6 nitrogen and oxygen atoms in total. The Morgan fingerprint density at radius 2 is 2.10 bits per heavy atom. The van der Waals surface area contributed by atoms with Crippen LogP contribution in [0.1, 0.15) is 19.8 Å². The van der Waals surface area contributed by atoms with Crippen LogP contribution in [0.25, 0.3) is 0 Å². The molecule has 0 saturated heterocycles. The van der Waals surface area contributed by atoms with E-state index in [2.05, 4.69) is 10.6 Å². The molecule has 0 heterocycles. The minimum Gasteiger partial charge on any atom is -0.497 e. The molecule has 0 aliphatic rings. The molecule has 0 aliphatic heterocycles. The topological polar surface area (TPSA) is 76.7 Å². The van der Waals surface area contributed by atoms with Crippen LogP contribution in [0.3, 0.4) is 0 Å². The summed E-state index contributed by atoms with van der Waals surface area (Å²) in [6.07, 6.45) is 1.00. The lowest BCUT2D eigenvalue weighted by Crippen LogP contribution is -2.29. The minimum atomic E-state index is -0.208. The average molecular weight is 294 g/mol. The number of nitrogens with one attached hydrogen (secondary N) is 2. The molecule has 1 aromatic rings. The van der Waals surface area contributed by atoms with Crippen molar-refractivity contribution in [3.63, 3.8) is 0 Å². The van der Waals surface area contributed by atoms with Crippen molar-refractivity contribution in [1.29, 1.82) is 0 Å². The van der Waals surface area contributed by atoms with Crippen LogP contribution >= 0.6 is 0 Å². The van der Waals surface area contributed by atoms with E-state index in [1.807, 2.05) is 6.07 Å². The molecule has 1 rings (SSSR count). The van der Waals surface area contributed by atoms with Gasteiger partial charge < -0.3 is 20.1 Å². The van der Waals surface area contributed by atoms with Gasteiger partial charge in [0.05, 0.1) is 20.3 Å². The van der Waals surface area contributed by atoms with Gasteiger partial charge in [-0.3, -0.25) is 9.59 Å². The first-order valence-electron chi connectivity index (χ1n) is 6.96. The predicted octanol–water partition coefficient (Wildman–Crippen LogP) is 1.57. The Morgan fingerprint density at radius 1 is 1.29 bits per heavy atom. The highest BCUT2D eigenvalue weighted by atomic mass is 16.5. The van der Waals surface area contributed by atoms with E-state index in [0.29, 0.717) is 37.4 Å². The fourth-order valence-corrected chi connectivity index (χ4v) is 1.70. The summed E-state index contributed by atoms with van der Waals surface area (Å²) in [5.41, 5.74) is 0.688. The molecule has 0 spiro atoms. The van der Waals surface area contributed by atoms with Crippen molar-refractivity contribution in [3.05, 3.63) is 24.3 Å². The van der Waals surface area contributed by atoms with Crippen LogP contribution in [0.2, 0.25) is 0 Å². The molecule has 1 amide bonds. The van der Waals surface area contributed by atoms with Crippen molar-refractivity contribution in [1.82, 2.24) is 5.32 Å². The smallest absolute Gasteiger partial charge is 0.305 e. The van der Waals surface area contributed by atoms with Gasteiger partial charge in [0.25, 0.3) is 0 Å². The van der Waals surface area contributed by atoms with Crippen molar-refractivity contribution in [2.75, 3.05) is 32.1 Å². The van der Waals surface area contributed by atoms with Gasteiger partial charge in [-0.05, 0) is 32.0 Å². The summed E-state index contributed by atoms with van der Waals surface area (Å²) in [7, 11) is 1.58. The van der Waals surface area contributed by atoms with Crippen molar-refractivity contribution < 1.29 is 19.1 Å². The fourth-order valence-electron chi connectivity index (χ4n) is 1.70. The van der Waals surface area contributed by atoms with Crippen LogP contribution in [-0.2, 0) is 14.3 Å². The lowest BCUT2D eigenvalue weighted by Gasteiger charge is -2.08. The van der Waals surface area contributed by atoms with Gasteiger partial charge in [0.1, 0.15) is 5.75 Å². The van der Waals surface area contributed by atoms with Gasteiger partial charge in [-0.25, -0.2) is 0 Å². The first-order chi connectivity index (χ1) is 10.2. The van der Waals surface area contributed by atoms with Crippen molar-refractivity contribution in [3.8, 4) is 5.75 Å². The van der Waals surface area contributed by atoms with Gasteiger partial charge in [0.2, 0.25) is 5.91 Å². The number of amides is 1. The highest BCUT2D eigenvalue weighted by Crippen LogP contribution is 2.16. The Balaban J connectivity index is 2.18. The highest BCUT2D eigenvalue weighted by Gasteiger charge is 2.04. The highest BCUT2D eigenvalue weighted by molar-refractivity contribution is 5.92. The van der Waals surface area contributed by atoms with Crippen LogP contribution in [-0.4, -0.2) is 38.7 Å². The molecule has 6 heteroatoms. The van der Waals surface area contributed by atoms with Crippen LogP contribution < -0.4 is 15.4 Å². The van der Waals surface area contributed by atoms with Crippen LogP contribution in [0.15, 0.2) is 24.3 Å². The number of benzene rings is 1. The third-order valence-electron chi connectivity index (χ3n) is 2.68. The van der Waals surface area contributed by atoms with Crippen LogP contribution in [0.4, 0.5) is 5.69 Å². The summed E-state index contributed by atoms with van der Waals surface area (Å²) < 4.78 is 9.89. The molecule has 2 N–H and O–H groups in total. The van der Waals surface area contributed by atoms with Crippen molar-refractivity contribution in [2.45, 2.75) is 19.8 Å². The number of esters is 1. The zero-order chi connectivity index (χ0) is 15.5. The molecule has 0 aromatic heterocycles. The quantitative estimate of drug-likeness (QED) is 0.534. The standard InChI is InChI=1S/C15H22N2O4/c1-3-21-15(19)8-5-9-16-11-14(18)17-12-6-4-7-13(10-12)20-2/h4,6-7,10,16H,3,5,8-9,11H2,1-2H3,(H,17,18). The number of ether oxygens (including phenoxy) is 2. The second kappa shape index (κ2) is 9.77. The largest absolute Gasteiger partial charge is 0.497 e. The van der Waals surface area contributed by atoms with E-state index in [9.17, 15) is 9.59 Å². The Morgan fingerprint density at radius 3 is 2.81 bits per heavy atom. The zero-order valence-corrected chi connectivity index (χ0v) is 12.5. The van der Waals surface area contributed by atoms with Crippen molar-refractivity contribution in [2.24, 2.45) is 0 Å². The van der Waals surface area contributed by atoms with Crippen molar-refractivity contribution >= 4 is 17.6 Å². The summed E-state index contributed by atoms with van der Waals surface area (Å²) in [5.74, 6) is 0.342. The molecule has 0 atom stereocenters. The summed E-state index contributed by atoms with van der Waals surface area (Å²) in [5, 5.41) is 5.74. The van der Waals surface area contributed by atoms with E-state index in [-0.39, 0.29) is 18.4 Å². The Kier molecular flexibility index (Phi) is 7.89. The van der Waals surface area contributed by atoms with E-state index >= 15 is 0 Å². The normalized spacial score (nSPS) is 10.0. The molecule has 21 heavy (non-hydrogen) atoms. The summed E-state index contributed by atoms with van der Waals surface area (Å²) in [6.45, 7) is 2.96. The molecule has 0 radical (unpaired) electrons. The molecule has 116 valence electrons. The third kappa shape index (κ3) is 7.31. The third-order valence-corrected chi connectivity index (χ3v) is 2.68. The number of carbonyl (C=O) groups is 2. The Hall–Kier alpha value is -2.08. The number of hydrogen-bond donors (Lipinski definition) is 2. The SMILES string of the molecule is CCOC(=O)CCCNCC(=O)Nc1cccc(OC)c1. The first kappa shape index (κ1) is 17.0. The van der Waals surface area contributed by atoms with E-state index < -0.39 is 0 Å². The predicted molar refractivity (Wildman–Crippen MR) is 80.4 cm³/mol. The molecule has 0 fully saturated rings. The second-order valence-electron chi connectivity index (χ2n) is 4.37. The summed E-state index contributed by atoms with van der Waals surface area (Å²) in [6, 6.07) is 7.16. The van der Waals surface area contributed by atoms with Gasteiger partial charge in [-0.15, -0.1) is 0 Å². The number of hydrogen-bond acceptors (Lipinski definition) is 5. The van der Waals surface area contributed by atoms with Gasteiger partial charge >= 0.3 is 5.97 Å². The molecule has 0 saturated carbocycles. The maximum atomic E-state index is 11.7. The summed E-state index contributed by atoms with van der Waals surface area (Å²) >= 11 is 0. The average Bonchev–Trinajstić information content (AvgIpc) is 2.47. The molecule has 0 bridgehead atoms. The maximum absolute atomic E-state index is 11.7. The van der Waals surface area contributed by atoms with E-state index in [1.165, 1.54) is 0 Å². The molecule has 0 unspecified atom stereocenters. The van der Waals surface area contributed by atoms with E-state index in [1.54, 1.807) is 32.2 Å². The van der Waals surface area contributed by atoms with Gasteiger partial charge in [-0.2, -0.15) is 0 Å². The number of methoxy groups -OCH3 is 1. The molecule has 0 aliphatic carbocycles. The lowest BCUT2D eigenvalue weighted by molar-refractivity contribution is -0.143. The second-order valence-corrected chi connectivity index (χ2v) is 4.37. The summed E-state index contributed by atoms with van der Waals surface area (Å²) in [4.78, 5) is 22.8. The Bertz CT molecular complexity index is 463. The lowest BCUT2D eigenvalue weighted by atomic mass is 10.3. The van der Waals surface area contributed by atoms with Crippen LogP contribution in [0, 0.1) is 0 Å². The van der Waals surface area contributed by atoms with Gasteiger partial charge in [0.15, 0.2) is 0 Å². The minimum absolute atomic E-state index is 0.139. The van der Waals surface area contributed by atoms with E-state index in [4.69, 9.17) is 9.47 Å². The van der Waals surface area contributed by atoms with Gasteiger partial charge in [0, 0.05) is 18.2 Å². The maximum Gasteiger partial charge on any atom is 0.305 e. The monoisotopic (exact) mass is 294 g/mol. The number of anilines is 1. The van der Waals surface area contributed by atoms with Gasteiger partial charge in [-0.1, -0.05) is 6.07 Å². The molecule has 1 aromatic carbocycles. The zero-order valence-electron chi connectivity index (χ0n) is 12.5. The first-order valence-corrected chi connectivity index (χ1v) is 6.96. The number of rotatable bonds is 9. The molecular weight excluding hydrogens is 272 g/mol. The van der Waals surface area contributed by atoms with E-state index in [0.717, 1.165) is 0 Å². The molecular formula is C15H22N2O4. The fraction of sp³-hybridized carbons (Fsp3) is 0.467. The number of carbonyl (C=O) groups excluding carboxylic acids is 2.